The van der Waals surface area contributed by atoms with Crippen LogP contribution in [0.5, 0.6) is 11.8 Å². The first-order chi connectivity index (χ1) is 13.6. The highest BCUT2D eigenvalue weighted by Gasteiger charge is 2.28. The maximum Gasteiger partial charge on any atom is 0.245 e. The summed E-state index contributed by atoms with van der Waals surface area (Å²) in [6, 6.07) is 3.68. The van der Waals surface area contributed by atoms with Crippen LogP contribution < -0.4 is 9.47 Å². The lowest BCUT2D eigenvalue weighted by atomic mass is 10.3. The zero-order chi connectivity index (χ0) is 19.7. The molecule has 0 aliphatic carbocycles. The third kappa shape index (κ3) is 3.23. The minimum absolute atomic E-state index is 0.0956. The quantitative estimate of drug-likeness (QED) is 0.664. The molecule has 9 heteroatoms. The third-order valence-electron chi connectivity index (χ3n) is 4.90. The molecular formula is C19H22N6O3. The molecule has 146 valence electrons. The maximum absolute atomic E-state index is 11.9. The Labute approximate surface area is 162 Å². The number of methoxy groups -OCH3 is 1. The summed E-state index contributed by atoms with van der Waals surface area (Å²) in [5.74, 6) is 1.83. The lowest BCUT2D eigenvalue weighted by Gasteiger charge is -2.16. The van der Waals surface area contributed by atoms with Crippen LogP contribution in [0.3, 0.4) is 0 Å². The van der Waals surface area contributed by atoms with Gasteiger partial charge in [0.05, 0.1) is 13.7 Å². The van der Waals surface area contributed by atoms with E-state index >= 15 is 0 Å². The molecule has 1 unspecified atom stereocenters. The molecule has 4 rings (SSSR count). The number of pyridine rings is 1. The van der Waals surface area contributed by atoms with Crippen LogP contribution in [0, 0.1) is 0 Å². The lowest BCUT2D eigenvalue weighted by molar-refractivity contribution is -0.130. The Hall–Kier alpha value is -3.23. The first-order valence-corrected chi connectivity index (χ1v) is 9.23. The number of likely N-dealkylation sites (tertiary alicyclic amines) is 1. The summed E-state index contributed by atoms with van der Waals surface area (Å²) >= 11 is 0. The van der Waals surface area contributed by atoms with Crippen molar-refractivity contribution in [1.29, 1.82) is 0 Å². The zero-order valence-corrected chi connectivity index (χ0v) is 16.1. The molecule has 1 saturated heterocycles. The van der Waals surface area contributed by atoms with Gasteiger partial charge in [-0.3, -0.25) is 4.79 Å². The average molecular weight is 382 g/mol. The third-order valence-corrected chi connectivity index (χ3v) is 4.90. The van der Waals surface area contributed by atoms with Gasteiger partial charge in [-0.05, 0) is 6.07 Å². The SMILES string of the molecule is CCC(=O)N1CCC(Oc2ncnc3c2nc(-c2ccc(OC)nc2)n3C)C1. The van der Waals surface area contributed by atoms with Gasteiger partial charge in [0, 0.05) is 44.3 Å². The number of ether oxygens (including phenoxy) is 2. The van der Waals surface area contributed by atoms with E-state index in [1.165, 1.54) is 6.33 Å². The zero-order valence-electron chi connectivity index (χ0n) is 16.1. The number of aromatic nitrogens is 5. The largest absolute Gasteiger partial charge is 0.481 e. The fourth-order valence-electron chi connectivity index (χ4n) is 3.39. The van der Waals surface area contributed by atoms with Gasteiger partial charge in [-0.15, -0.1) is 0 Å². The van der Waals surface area contributed by atoms with Gasteiger partial charge in [-0.1, -0.05) is 6.92 Å². The summed E-state index contributed by atoms with van der Waals surface area (Å²) < 4.78 is 13.1. The van der Waals surface area contributed by atoms with Gasteiger partial charge < -0.3 is 18.9 Å². The van der Waals surface area contributed by atoms with Gasteiger partial charge in [-0.2, -0.15) is 4.98 Å². The van der Waals surface area contributed by atoms with Gasteiger partial charge in [0.25, 0.3) is 0 Å². The lowest BCUT2D eigenvalue weighted by Crippen LogP contribution is -2.30. The van der Waals surface area contributed by atoms with Crippen molar-refractivity contribution in [1.82, 2.24) is 29.4 Å². The first kappa shape index (κ1) is 18.1. The van der Waals surface area contributed by atoms with Crippen LogP contribution in [-0.4, -0.2) is 61.6 Å². The molecule has 9 nitrogen and oxygen atoms in total. The molecule has 1 amide bonds. The van der Waals surface area contributed by atoms with Crippen molar-refractivity contribution >= 4 is 17.1 Å². The van der Waals surface area contributed by atoms with E-state index in [9.17, 15) is 4.79 Å². The maximum atomic E-state index is 11.9. The molecule has 1 aliphatic rings. The number of imidazole rings is 1. The number of aryl methyl sites for hydroxylation is 1. The van der Waals surface area contributed by atoms with Crippen LogP contribution in [0.15, 0.2) is 24.7 Å². The van der Waals surface area contributed by atoms with Crippen molar-refractivity contribution in [2.24, 2.45) is 7.05 Å². The summed E-state index contributed by atoms with van der Waals surface area (Å²) in [5.41, 5.74) is 2.11. The molecule has 0 bridgehead atoms. The van der Waals surface area contributed by atoms with Gasteiger partial charge in [0.2, 0.25) is 17.7 Å². The van der Waals surface area contributed by atoms with Crippen molar-refractivity contribution in [3.63, 3.8) is 0 Å². The topological polar surface area (TPSA) is 95.3 Å². The Kier molecular flexibility index (Phi) is 4.81. The molecule has 0 aromatic carbocycles. The van der Waals surface area contributed by atoms with E-state index < -0.39 is 0 Å². The molecule has 1 aliphatic heterocycles. The molecule has 1 atom stereocenters. The number of hydrogen-bond donors (Lipinski definition) is 0. The summed E-state index contributed by atoms with van der Waals surface area (Å²) in [7, 11) is 3.47. The number of fused-ring (bicyclic) bond motifs is 1. The predicted octanol–water partition coefficient (Wildman–Crippen LogP) is 1.82. The summed E-state index contributed by atoms with van der Waals surface area (Å²) in [6.07, 6.45) is 4.36. The molecule has 0 radical (unpaired) electrons. The van der Waals surface area contributed by atoms with Crippen LogP contribution in [-0.2, 0) is 11.8 Å². The number of carbonyl (C=O) groups is 1. The Balaban J connectivity index is 1.63. The summed E-state index contributed by atoms with van der Waals surface area (Å²) in [6.45, 7) is 3.14. The molecule has 3 aromatic rings. The Bertz CT molecular complexity index is 1000. The Morgan fingerprint density at radius 2 is 2.14 bits per heavy atom. The van der Waals surface area contributed by atoms with Gasteiger partial charge in [-0.25, -0.2) is 15.0 Å². The highest BCUT2D eigenvalue weighted by molar-refractivity contribution is 5.81. The Morgan fingerprint density at radius 3 is 2.86 bits per heavy atom. The van der Waals surface area contributed by atoms with Gasteiger partial charge >= 0.3 is 0 Å². The number of nitrogens with zero attached hydrogens (tertiary/aromatic N) is 6. The predicted molar refractivity (Wildman–Crippen MR) is 102 cm³/mol. The summed E-state index contributed by atoms with van der Waals surface area (Å²) in [5, 5.41) is 0. The Morgan fingerprint density at radius 1 is 1.29 bits per heavy atom. The van der Waals surface area contributed by atoms with Crippen molar-refractivity contribution in [3.05, 3.63) is 24.7 Å². The smallest absolute Gasteiger partial charge is 0.245 e. The van der Waals surface area contributed by atoms with Gasteiger partial charge in [0.1, 0.15) is 18.3 Å². The molecule has 0 saturated carbocycles. The van der Waals surface area contributed by atoms with Crippen LogP contribution in [0.4, 0.5) is 0 Å². The van der Waals surface area contributed by atoms with E-state index in [2.05, 4.69) is 15.0 Å². The minimum Gasteiger partial charge on any atom is -0.481 e. The number of rotatable bonds is 5. The highest BCUT2D eigenvalue weighted by Crippen LogP contribution is 2.28. The average Bonchev–Trinajstić information content (AvgIpc) is 3.33. The molecule has 0 N–H and O–H groups in total. The monoisotopic (exact) mass is 382 g/mol. The second-order valence-corrected chi connectivity index (χ2v) is 6.66. The minimum atomic E-state index is -0.0956. The number of carbonyl (C=O) groups excluding carboxylic acids is 1. The van der Waals surface area contributed by atoms with Crippen LogP contribution in [0.25, 0.3) is 22.6 Å². The van der Waals surface area contributed by atoms with E-state index in [0.29, 0.717) is 48.3 Å². The number of amides is 1. The standard InChI is InChI=1S/C19H22N6O3/c1-4-15(26)25-8-7-13(10-25)28-19-16-18(21-11-22-19)24(2)17(23-16)12-5-6-14(27-3)20-9-12/h5-6,9,11,13H,4,7-8,10H2,1-3H3. The van der Waals surface area contributed by atoms with Crippen molar-refractivity contribution < 1.29 is 14.3 Å². The second kappa shape index (κ2) is 7.41. The van der Waals surface area contributed by atoms with Crippen molar-refractivity contribution in [2.75, 3.05) is 20.2 Å². The van der Waals surface area contributed by atoms with Crippen LogP contribution in [0.1, 0.15) is 19.8 Å². The van der Waals surface area contributed by atoms with Crippen LogP contribution in [0.2, 0.25) is 0 Å². The molecular weight excluding hydrogens is 360 g/mol. The van der Waals surface area contributed by atoms with Gasteiger partial charge in [0.15, 0.2) is 11.2 Å². The number of hydrogen-bond acceptors (Lipinski definition) is 7. The molecule has 3 aromatic heterocycles. The summed E-state index contributed by atoms with van der Waals surface area (Å²) in [4.78, 5) is 31.3. The normalized spacial score (nSPS) is 16.5. The highest BCUT2D eigenvalue weighted by atomic mass is 16.5. The molecule has 1 fully saturated rings. The molecule has 4 heterocycles. The van der Waals surface area contributed by atoms with Crippen LogP contribution >= 0.6 is 0 Å². The second-order valence-electron chi connectivity index (χ2n) is 6.66. The molecule has 0 spiro atoms. The van der Waals surface area contributed by atoms with E-state index in [4.69, 9.17) is 14.5 Å². The first-order valence-electron chi connectivity index (χ1n) is 9.23. The van der Waals surface area contributed by atoms with Crippen molar-refractivity contribution in [3.8, 4) is 23.1 Å². The molecule has 28 heavy (non-hydrogen) atoms. The van der Waals surface area contributed by atoms with E-state index in [-0.39, 0.29) is 12.0 Å². The van der Waals surface area contributed by atoms with Crippen molar-refractivity contribution in [2.45, 2.75) is 25.9 Å². The van der Waals surface area contributed by atoms with E-state index in [1.807, 2.05) is 29.5 Å². The fraction of sp³-hybridized carbons (Fsp3) is 0.421. The van der Waals surface area contributed by atoms with E-state index in [1.54, 1.807) is 19.4 Å². The van der Waals surface area contributed by atoms with E-state index in [0.717, 1.165) is 12.0 Å². The fourth-order valence-corrected chi connectivity index (χ4v) is 3.39.